The zero-order valence-corrected chi connectivity index (χ0v) is 4.40. The van der Waals surface area contributed by atoms with Gasteiger partial charge in [-0.2, -0.15) is 0 Å². The van der Waals surface area contributed by atoms with Crippen molar-refractivity contribution in [3.05, 3.63) is 12.8 Å². The third-order valence-electron chi connectivity index (χ3n) is 0.391. The summed E-state index contributed by atoms with van der Waals surface area (Å²) in [6, 6.07) is 0. The summed E-state index contributed by atoms with van der Waals surface area (Å²) in [5.41, 5.74) is 0. The van der Waals surface area contributed by atoms with Crippen LogP contribution in [-0.2, 0) is 4.74 Å². The molecule has 0 spiro atoms. The van der Waals surface area contributed by atoms with E-state index in [0.717, 1.165) is 6.42 Å². The Labute approximate surface area is 44.0 Å². The predicted octanol–water partition coefficient (Wildman–Crippen LogP) is 1.52. The molecule has 0 aliphatic heterocycles. The van der Waals surface area contributed by atoms with Crippen molar-refractivity contribution in [1.82, 2.24) is 0 Å². The predicted molar refractivity (Wildman–Crippen MR) is 29.3 cm³/mol. The highest BCUT2D eigenvalue weighted by atomic mass is 16.5. The summed E-state index contributed by atoms with van der Waals surface area (Å²) in [6.07, 6.45) is 4.55. The Morgan fingerprint density at radius 1 is 1.86 bits per heavy atom. The standard InChI is InChI=1S/C6H8O/c1-3-5-6-7-4-2/h4H,2-3H2,1H3. The van der Waals surface area contributed by atoms with Gasteiger partial charge in [0.15, 0.2) is 0 Å². The van der Waals surface area contributed by atoms with Crippen LogP contribution in [0.15, 0.2) is 12.8 Å². The molecule has 38 valence electrons. The average Bonchev–Trinajstić information content (AvgIpc) is 1.69. The lowest BCUT2D eigenvalue weighted by Gasteiger charge is -1.75. The monoisotopic (exact) mass is 96.1 g/mol. The van der Waals surface area contributed by atoms with Gasteiger partial charge in [-0.25, -0.2) is 0 Å². The fourth-order valence-corrected chi connectivity index (χ4v) is 0.156. The molecular weight excluding hydrogens is 88.1 g/mol. The summed E-state index contributed by atoms with van der Waals surface area (Å²) >= 11 is 0. The molecule has 7 heavy (non-hydrogen) atoms. The molecule has 0 aromatic carbocycles. The quantitative estimate of drug-likeness (QED) is 0.355. The average molecular weight is 96.1 g/mol. The second-order valence-electron chi connectivity index (χ2n) is 0.917. The van der Waals surface area contributed by atoms with Crippen molar-refractivity contribution in [2.45, 2.75) is 13.3 Å². The number of ether oxygens (including phenoxy) is 1. The van der Waals surface area contributed by atoms with Crippen LogP contribution in [0, 0.1) is 12.0 Å². The van der Waals surface area contributed by atoms with Crippen LogP contribution in [0.3, 0.4) is 0 Å². The van der Waals surface area contributed by atoms with Crippen molar-refractivity contribution in [1.29, 1.82) is 0 Å². The highest BCUT2D eigenvalue weighted by Crippen LogP contribution is 1.69. The summed E-state index contributed by atoms with van der Waals surface area (Å²) < 4.78 is 4.48. The molecule has 0 amide bonds. The highest BCUT2D eigenvalue weighted by molar-refractivity contribution is 4.90. The van der Waals surface area contributed by atoms with Crippen LogP contribution in [0.4, 0.5) is 0 Å². The maximum absolute atomic E-state index is 4.48. The first-order valence-electron chi connectivity index (χ1n) is 2.16. The minimum atomic E-state index is 0.827. The summed E-state index contributed by atoms with van der Waals surface area (Å²) in [4.78, 5) is 0. The van der Waals surface area contributed by atoms with Gasteiger partial charge in [0.1, 0.15) is 6.11 Å². The molecule has 0 aromatic rings. The zero-order chi connectivity index (χ0) is 5.54. The van der Waals surface area contributed by atoms with Gasteiger partial charge in [-0.15, -0.1) is 0 Å². The van der Waals surface area contributed by atoms with Crippen LogP contribution in [0.2, 0.25) is 0 Å². The van der Waals surface area contributed by atoms with E-state index in [9.17, 15) is 0 Å². The molecule has 0 saturated carbocycles. The summed E-state index contributed by atoms with van der Waals surface area (Å²) in [6.45, 7) is 5.27. The molecule has 1 heteroatoms. The summed E-state index contributed by atoms with van der Waals surface area (Å²) in [5, 5.41) is 0. The lowest BCUT2D eigenvalue weighted by atomic mass is 10.5. The highest BCUT2D eigenvalue weighted by Gasteiger charge is 1.58. The van der Waals surface area contributed by atoms with Crippen LogP contribution < -0.4 is 0 Å². The number of hydrogen-bond acceptors (Lipinski definition) is 1. The van der Waals surface area contributed by atoms with Gasteiger partial charge in [0, 0.05) is 6.42 Å². The lowest BCUT2D eigenvalue weighted by Crippen LogP contribution is -1.60. The molecule has 0 unspecified atom stereocenters. The first kappa shape index (κ1) is 6.10. The minimum Gasteiger partial charge on any atom is -0.416 e. The van der Waals surface area contributed by atoms with Gasteiger partial charge in [-0.3, -0.25) is 0 Å². The van der Waals surface area contributed by atoms with E-state index in [-0.39, 0.29) is 0 Å². The molecule has 0 rings (SSSR count). The summed E-state index contributed by atoms with van der Waals surface area (Å²) in [7, 11) is 0. The third kappa shape index (κ3) is 5.10. The Hall–Kier alpha value is -0.900. The van der Waals surface area contributed by atoms with Crippen molar-refractivity contribution < 1.29 is 4.74 Å². The van der Waals surface area contributed by atoms with E-state index in [1.54, 1.807) is 0 Å². The third-order valence-corrected chi connectivity index (χ3v) is 0.391. The Bertz CT molecular complexity index is 94.5. The van der Waals surface area contributed by atoms with Gasteiger partial charge in [-0.1, -0.05) is 19.4 Å². The Kier molecular flexibility index (Phi) is 4.44. The SMILES string of the molecule is C=COC#CCC. The van der Waals surface area contributed by atoms with Crippen LogP contribution >= 0.6 is 0 Å². The van der Waals surface area contributed by atoms with E-state index < -0.39 is 0 Å². The van der Waals surface area contributed by atoms with Gasteiger partial charge in [-0.05, 0) is 0 Å². The molecule has 0 aliphatic carbocycles. The molecule has 0 radical (unpaired) electrons. The lowest BCUT2D eigenvalue weighted by molar-refractivity contribution is 0.441. The van der Waals surface area contributed by atoms with Crippen LogP contribution in [0.5, 0.6) is 0 Å². The molecular formula is C6H8O. The van der Waals surface area contributed by atoms with Crippen molar-refractivity contribution >= 4 is 0 Å². The van der Waals surface area contributed by atoms with Gasteiger partial charge in [0.25, 0.3) is 0 Å². The Balaban J connectivity index is 3.06. The first-order valence-corrected chi connectivity index (χ1v) is 2.16. The van der Waals surface area contributed by atoms with Crippen LogP contribution in [0.25, 0.3) is 0 Å². The van der Waals surface area contributed by atoms with E-state index in [1.807, 2.05) is 6.92 Å². The minimum absolute atomic E-state index is 0.827. The van der Waals surface area contributed by atoms with Crippen molar-refractivity contribution in [3.8, 4) is 12.0 Å². The number of hydrogen-bond donors (Lipinski definition) is 0. The van der Waals surface area contributed by atoms with Crippen LogP contribution in [0.1, 0.15) is 13.3 Å². The van der Waals surface area contributed by atoms with E-state index in [1.165, 1.54) is 6.26 Å². The number of rotatable bonds is 1. The molecule has 0 N–H and O–H groups in total. The largest absolute Gasteiger partial charge is 0.416 e. The van der Waals surface area contributed by atoms with Crippen molar-refractivity contribution in [2.75, 3.05) is 0 Å². The molecule has 0 aliphatic rings. The zero-order valence-electron chi connectivity index (χ0n) is 4.40. The second-order valence-corrected chi connectivity index (χ2v) is 0.917. The van der Waals surface area contributed by atoms with E-state index in [2.05, 4.69) is 23.3 Å². The van der Waals surface area contributed by atoms with E-state index in [4.69, 9.17) is 0 Å². The molecule has 0 saturated heterocycles. The van der Waals surface area contributed by atoms with E-state index >= 15 is 0 Å². The van der Waals surface area contributed by atoms with Gasteiger partial charge >= 0.3 is 0 Å². The fraction of sp³-hybridized carbons (Fsp3) is 0.333. The smallest absolute Gasteiger partial charge is 0.115 e. The normalized spacial score (nSPS) is 5.86. The maximum atomic E-state index is 4.48. The Morgan fingerprint density at radius 3 is 3.00 bits per heavy atom. The van der Waals surface area contributed by atoms with Crippen LogP contribution in [-0.4, -0.2) is 0 Å². The molecule has 0 heterocycles. The van der Waals surface area contributed by atoms with Crippen molar-refractivity contribution in [2.24, 2.45) is 0 Å². The fourth-order valence-electron chi connectivity index (χ4n) is 0.156. The first-order chi connectivity index (χ1) is 3.41. The van der Waals surface area contributed by atoms with Gasteiger partial charge < -0.3 is 4.74 Å². The molecule has 0 bridgehead atoms. The maximum Gasteiger partial charge on any atom is 0.115 e. The van der Waals surface area contributed by atoms with Gasteiger partial charge in [0.05, 0.1) is 6.26 Å². The van der Waals surface area contributed by atoms with Gasteiger partial charge in [0.2, 0.25) is 0 Å². The Morgan fingerprint density at radius 2 is 2.57 bits per heavy atom. The molecule has 1 nitrogen and oxygen atoms in total. The van der Waals surface area contributed by atoms with Crippen molar-refractivity contribution in [3.63, 3.8) is 0 Å². The topological polar surface area (TPSA) is 9.23 Å². The summed E-state index contributed by atoms with van der Waals surface area (Å²) in [5.74, 6) is 2.71. The molecule has 0 fully saturated rings. The second kappa shape index (κ2) is 5.10. The molecule has 0 aromatic heterocycles. The van der Waals surface area contributed by atoms with E-state index in [0.29, 0.717) is 0 Å². The molecule has 0 atom stereocenters.